The maximum absolute atomic E-state index is 13.5. The van der Waals surface area contributed by atoms with Crippen LogP contribution in [0.25, 0.3) is 11.1 Å². The van der Waals surface area contributed by atoms with Crippen molar-refractivity contribution in [3.63, 3.8) is 0 Å². The van der Waals surface area contributed by atoms with E-state index in [2.05, 4.69) is 116 Å². The molecular weight excluding hydrogens is 700 g/mol. The predicted molar refractivity (Wildman–Crippen MR) is 178 cm³/mol. The first-order valence-electron chi connectivity index (χ1n) is 15.8. The number of halogens is 5. The zero-order valence-corrected chi connectivity index (χ0v) is 33.0. The molecule has 1 atom stereocenters. The van der Waals surface area contributed by atoms with Crippen LogP contribution in [0.3, 0.4) is 0 Å². The predicted octanol–water partition coefficient (Wildman–Crippen LogP) is 4.87. The Morgan fingerprint density at radius 2 is 1.28 bits per heavy atom. The van der Waals surface area contributed by atoms with Crippen molar-refractivity contribution in [2.75, 3.05) is 0 Å². The van der Waals surface area contributed by atoms with Crippen LogP contribution in [0.5, 0.6) is 0 Å². The Kier molecular flexibility index (Phi) is 11.2. The van der Waals surface area contributed by atoms with Crippen LogP contribution < -0.4 is 28.1 Å². The molecule has 6 heteroatoms. The van der Waals surface area contributed by atoms with E-state index in [1.807, 2.05) is 0 Å². The van der Waals surface area contributed by atoms with E-state index < -0.39 is 33.0 Å². The molecule has 0 radical (unpaired) electrons. The van der Waals surface area contributed by atoms with Crippen molar-refractivity contribution >= 4 is 6.98 Å². The van der Waals surface area contributed by atoms with Crippen molar-refractivity contribution in [1.82, 2.24) is 0 Å². The standard InChI is InChI=1S/C21H25.C11H17.C8H5F3.2ClH.Zr/c1-20(2,3)16-7-9-18-14(12-16)11-15-13-17(21(4,5)6)8-10-19(15)18;1-8-6-9(2)10(7-8)11(3,4)5;1-6-2-4-7(5-3-6)8(9,10)11;;;/h7-10,12H,11H2,1-6H3;7-8H,1-5H3;1-5H;2*1H;/q;;;;;+2/p-2. The van der Waals surface area contributed by atoms with Crippen LogP contribution in [0.4, 0.5) is 13.2 Å². The summed E-state index contributed by atoms with van der Waals surface area (Å²) in [7, 11) is 0. The van der Waals surface area contributed by atoms with Gasteiger partial charge in [0.05, 0.1) is 0 Å². The van der Waals surface area contributed by atoms with E-state index in [4.69, 9.17) is 0 Å². The minimum absolute atomic E-state index is 0. The van der Waals surface area contributed by atoms with E-state index in [9.17, 15) is 13.2 Å². The number of allylic oxidation sites excluding steroid dienone is 4. The van der Waals surface area contributed by atoms with E-state index >= 15 is 0 Å². The fourth-order valence-corrected chi connectivity index (χ4v) is 15.7. The number of benzene rings is 3. The molecule has 0 nitrogen and oxygen atoms in total. The second kappa shape index (κ2) is 13.3. The van der Waals surface area contributed by atoms with Gasteiger partial charge in [-0.15, -0.1) is 0 Å². The summed E-state index contributed by atoms with van der Waals surface area (Å²) in [6, 6.07) is 17.5. The second-order valence-electron chi connectivity index (χ2n) is 15.9. The Labute approximate surface area is 295 Å². The van der Waals surface area contributed by atoms with Gasteiger partial charge in [0.15, 0.2) is 0 Å². The van der Waals surface area contributed by atoms with Gasteiger partial charge in [-0.2, -0.15) is 0 Å². The molecule has 3 aromatic rings. The Hall–Kier alpha value is -1.74. The van der Waals surface area contributed by atoms with E-state index in [1.54, 1.807) is 15.4 Å². The summed E-state index contributed by atoms with van der Waals surface area (Å²) >= 11 is -2.93. The molecule has 0 bridgehead atoms. The fraction of sp³-hybridized carbons (Fsp3) is 0.425. The Morgan fingerprint density at radius 1 is 0.717 bits per heavy atom. The molecule has 2 aliphatic carbocycles. The van der Waals surface area contributed by atoms with Gasteiger partial charge in [-0.25, -0.2) is 0 Å². The van der Waals surface area contributed by atoms with E-state index in [0.29, 0.717) is 5.92 Å². The van der Waals surface area contributed by atoms with Gasteiger partial charge in [0.2, 0.25) is 0 Å². The van der Waals surface area contributed by atoms with Crippen molar-refractivity contribution in [3.8, 4) is 11.1 Å². The zero-order chi connectivity index (χ0) is 32.6. The first-order valence-corrected chi connectivity index (χ1v) is 19.7. The minimum Gasteiger partial charge on any atom is -1.00 e. The van der Waals surface area contributed by atoms with Crippen LogP contribution in [0.15, 0.2) is 75.1 Å². The summed E-state index contributed by atoms with van der Waals surface area (Å²) in [6.45, 7) is 25.2. The van der Waals surface area contributed by atoms with Crippen LogP contribution >= 0.6 is 0 Å². The Morgan fingerprint density at radius 3 is 1.78 bits per heavy atom. The molecule has 0 N–H and O–H groups in total. The topological polar surface area (TPSA) is 0 Å². The van der Waals surface area contributed by atoms with Gasteiger partial charge in [0.1, 0.15) is 0 Å². The zero-order valence-electron chi connectivity index (χ0n) is 29.0. The summed E-state index contributed by atoms with van der Waals surface area (Å²) in [5, 5.41) is 0. The minimum atomic E-state index is -4.35. The van der Waals surface area contributed by atoms with E-state index in [0.717, 1.165) is 12.0 Å². The molecule has 2 aliphatic rings. The molecule has 0 saturated heterocycles. The maximum atomic E-state index is 13.5. The number of fused-ring (bicyclic) bond motifs is 3. The van der Waals surface area contributed by atoms with Crippen molar-refractivity contribution in [3.05, 3.63) is 108 Å². The number of hydrogen-bond donors (Lipinski definition) is 0. The van der Waals surface area contributed by atoms with Gasteiger partial charge in [-0.1, -0.05) is 0 Å². The molecule has 0 fully saturated rings. The second-order valence-corrected chi connectivity index (χ2v) is 21.2. The molecule has 0 spiro atoms. The Balaban J connectivity index is 0.00000288. The molecule has 3 aromatic carbocycles. The summed E-state index contributed by atoms with van der Waals surface area (Å²) in [4.78, 5) is 0. The van der Waals surface area contributed by atoms with Crippen molar-refractivity contribution < 1.29 is 59.3 Å². The summed E-state index contributed by atoms with van der Waals surface area (Å²) in [6.07, 6.45) is -0.989. The Bertz CT molecular complexity index is 1720. The number of rotatable bonds is 3. The number of alkyl halides is 3. The van der Waals surface area contributed by atoms with Crippen molar-refractivity contribution in [1.29, 1.82) is 0 Å². The van der Waals surface area contributed by atoms with Gasteiger partial charge < -0.3 is 24.8 Å². The van der Waals surface area contributed by atoms with Gasteiger partial charge in [-0.3, -0.25) is 0 Å². The quantitative estimate of drug-likeness (QED) is 0.281. The van der Waals surface area contributed by atoms with Crippen LogP contribution in [0, 0.1) is 11.3 Å². The van der Waals surface area contributed by atoms with E-state index in [-0.39, 0.29) is 41.1 Å². The average Bonchev–Trinajstić information content (AvgIpc) is 3.41. The largest absolute Gasteiger partial charge is 1.00 e. The molecule has 246 valence electrons. The first kappa shape index (κ1) is 38.7. The van der Waals surface area contributed by atoms with Crippen LogP contribution in [-0.4, -0.2) is 3.71 Å². The molecular formula is C40H47Cl2F3Zr. The molecule has 46 heavy (non-hydrogen) atoms. The summed E-state index contributed by atoms with van der Waals surface area (Å²) in [5.74, 6) is 0.296. The third kappa shape index (κ3) is 7.45. The monoisotopic (exact) mass is 744 g/mol. The van der Waals surface area contributed by atoms with Crippen LogP contribution in [-0.2, 0) is 44.7 Å². The van der Waals surface area contributed by atoms with Crippen LogP contribution in [0.1, 0.15) is 110 Å². The molecule has 0 saturated carbocycles. The van der Waals surface area contributed by atoms with Gasteiger partial charge in [0, 0.05) is 0 Å². The molecule has 0 amide bonds. The maximum Gasteiger partial charge on any atom is -1.00 e. The third-order valence-electron chi connectivity index (χ3n) is 9.35. The smallest absolute Gasteiger partial charge is 1.00 e. The normalized spacial score (nSPS) is 16.5. The van der Waals surface area contributed by atoms with Crippen molar-refractivity contribution in [2.24, 2.45) is 11.3 Å². The molecule has 0 aromatic heterocycles. The van der Waals surface area contributed by atoms with Gasteiger partial charge >= 0.3 is 272 Å². The first-order chi connectivity index (χ1) is 20.2. The third-order valence-corrected chi connectivity index (χ3v) is 17.1. The van der Waals surface area contributed by atoms with Crippen molar-refractivity contribution in [2.45, 2.75) is 99.6 Å². The molecule has 0 heterocycles. The molecule has 0 aliphatic heterocycles. The number of hydrogen-bond acceptors (Lipinski definition) is 0. The summed E-state index contributed by atoms with van der Waals surface area (Å²) < 4.78 is 46.0. The molecule has 1 unspecified atom stereocenters. The van der Waals surface area contributed by atoms with E-state index in [1.165, 1.54) is 59.9 Å². The fourth-order valence-electron chi connectivity index (χ4n) is 7.10. The molecule has 5 rings (SSSR count). The van der Waals surface area contributed by atoms with Gasteiger partial charge in [-0.05, 0) is 0 Å². The average molecular weight is 747 g/mol. The summed E-state index contributed by atoms with van der Waals surface area (Å²) in [5.41, 5.74) is 11.3. The SMILES string of the molecule is CC1=[C](/[Zr+2](=[CH]/c2ccc(C(F)(F)F)cc2)[c]2c(C(C)(C)C)ccc3c2Cc2cc(C(C)(C)C)ccc2-3)C(C)C=C1C(C)(C)C.[Cl-].[Cl-]. The van der Waals surface area contributed by atoms with Crippen LogP contribution in [0.2, 0.25) is 0 Å². The van der Waals surface area contributed by atoms with Gasteiger partial charge in [0.25, 0.3) is 0 Å².